The summed E-state index contributed by atoms with van der Waals surface area (Å²) >= 11 is 0. The molecule has 0 atom stereocenters. The van der Waals surface area contributed by atoms with Crippen molar-refractivity contribution in [2.45, 2.75) is 26.2 Å². The second-order valence-corrected chi connectivity index (χ2v) is 4.36. The molecule has 3 N–H and O–H groups in total. The van der Waals surface area contributed by atoms with Gasteiger partial charge in [-0.2, -0.15) is 0 Å². The summed E-state index contributed by atoms with van der Waals surface area (Å²) in [6.45, 7) is 2.88. The number of ether oxygens (including phenoxy) is 1. The summed E-state index contributed by atoms with van der Waals surface area (Å²) in [4.78, 5) is 3.42. The van der Waals surface area contributed by atoms with Crippen LogP contribution in [0.15, 0.2) is 18.2 Å². The van der Waals surface area contributed by atoms with Crippen LogP contribution in [0.3, 0.4) is 0 Å². The van der Waals surface area contributed by atoms with Crippen LogP contribution in [-0.4, -0.2) is 18.6 Å². The number of aromatic amines is 1. The normalized spacial score (nSPS) is 11.0. The predicted molar refractivity (Wildman–Crippen MR) is 71.6 cm³/mol. The molecule has 0 aliphatic rings. The number of nitrogens with two attached hydrogens (primary N) is 1. The van der Waals surface area contributed by atoms with Crippen LogP contribution < -0.4 is 10.5 Å². The van der Waals surface area contributed by atoms with Crippen LogP contribution in [-0.2, 0) is 6.42 Å². The number of rotatable bonds is 5. The molecule has 3 nitrogen and oxygen atoms in total. The van der Waals surface area contributed by atoms with E-state index in [1.807, 2.05) is 12.1 Å². The standard InChI is InChI=1S/C14H20N2O/c1-10-11(6-3-4-9-15)14-12(16-10)7-5-8-13(14)17-2/h5,7-8,16H,3-4,6,9,15H2,1-2H3. The smallest absolute Gasteiger partial charge is 0.128 e. The van der Waals surface area contributed by atoms with Crippen molar-refractivity contribution in [3.05, 3.63) is 29.5 Å². The molecule has 0 amide bonds. The first-order chi connectivity index (χ1) is 8.27. The van der Waals surface area contributed by atoms with Gasteiger partial charge in [-0.15, -0.1) is 0 Å². The van der Waals surface area contributed by atoms with E-state index in [0.29, 0.717) is 0 Å². The molecule has 2 rings (SSSR count). The minimum atomic E-state index is 0.762. The van der Waals surface area contributed by atoms with Crippen LogP contribution in [0.1, 0.15) is 24.1 Å². The molecule has 0 bridgehead atoms. The number of H-pyrrole nitrogens is 1. The molecule has 0 spiro atoms. The maximum Gasteiger partial charge on any atom is 0.128 e. The summed E-state index contributed by atoms with van der Waals surface area (Å²) in [6.07, 6.45) is 3.26. The van der Waals surface area contributed by atoms with E-state index in [2.05, 4.69) is 18.0 Å². The quantitative estimate of drug-likeness (QED) is 0.779. The van der Waals surface area contributed by atoms with Crippen LogP contribution in [0.4, 0.5) is 0 Å². The highest BCUT2D eigenvalue weighted by Gasteiger charge is 2.11. The van der Waals surface area contributed by atoms with Crippen LogP contribution in [0.5, 0.6) is 5.75 Å². The number of fused-ring (bicyclic) bond motifs is 1. The SMILES string of the molecule is COc1cccc2[nH]c(C)c(CCCCN)c12. The average Bonchev–Trinajstić information content (AvgIpc) is 2.66. The largest absolute Gasteiger partial charge is 0.496 e. The Hall–Kier alpha value is -1.48. The summed E-state index contributed by atoms with van der Waals surface area (Å²) in [7, 11) is 1.72. The van der Waals surface area contributed by atoms with Crippen molar-refractivity contribution in [3.63, 3.8) is 0 Å². The molecule has 92 valence electrons. The molecule has 0 aliphatic carbocycles. The summed E-state index contributed by atoms with van der Waals surface area (Å²) in [5.74, 6) is 0.953. The minimum Gasteiger partial charge on any atom is -0.496 e. The van der Waals surface area contributed by atoms with Crippen LogP contribution in [0.25, 0.3) is 10.9 Å². The number of methoxy groups -OCH3 is 1. The first-order valence-electron chi connectivity index (χ1n) is 6.12. The molecular weight excluding hydrogens is 212 g/mol. The predicted octanol–water partition coefficient (Wildman–Crippen LogP) is 2.77. The Morgan fingerprint density at radius 3 is 2.82 bits per heavy atom. The number of unbranched alkanes of at least 4 members (excludes halogenated alkanes) is 1. The van der Waals surface area contributed by atoms with E-state index < -0.39 is 0 Å². The maximum absolute atomic E-state index is 5.54. The highest BCUT2D eigenvalue weighted by Crippen LogP contribution is 2.31. The van der Waals surface area contributed by atoms with E-state index in [-0.39, 0.29) is 0 Å². The Bertz CT molecular complexity index is 502. The molecule has 0 radical (unpaired) electrons. The summed E-state index contributed by atoms with van der Waals surface area (Å²) in [5.41, 5.74) is 9.30. The van der Waals surface area contributed by atoms with Crippen molar-refractivity contribution in [2.75, 3.05) is 13.7 Å². The first kappa shape index (κ1) is 12.0. The highest BCUT2D eigenvalue weighted by molar-refractivity contribution is 5.90. The van der Waals surface area contributed by atoms with Gasteiger partial charge < -0.3 is 15.5 Å². The lowest BCUT2D eigenvalue weighted by molar-refractivity contribution is 0.419. The lowest BCUT2D eigenvalue weighted by atomic mass is 10.0. The molecular formula is C14H20N2O. The van der Waals surface area contributed by atoms with Crippen LogP contribution >= 0.6 is 0 Å². The fourth-order valence-electron chi connectivity index (χ4n) is 2.34. The van der Waals surface area contributed by atoms with Crippen LogP contribution in [0.2, 0.25) is 0 Å². The van der Waals surface area contributed by atoms with E-state index in [0.717, 1.165) is 37.1 Å². The number of aromatic nitrogens is 1. The van der Waals surface area contributed by atoms with Gasteiger partial charge in [-0.1, -0.05) is 6.07 Å². The Morgan fingerprint density at radius 1 is 1.29 bits per heavy atom. The summed E-state index contributed by atoms with van der Waals surface area (Å²) in [6, 6.07) is 6.13. The molecule has 1 heterocycles. The zero-order chi connectivity index (χ0) is 12.3. The number of benzene rings is 1. The molecule has 1 aromatic carbocycles. The average molecular weight is 232 g/mol. The van der Waals surface area contributed by atoms with Crippen molar-refractivity contribution < 1.29 is 4.74 Å². The number of hydrogen-bond donors (Lipinski definition) is 2. The Morgan fingerprint density at radius 2 is 2.12 bits per heavy atom. The molecule has 3 heteroatoms. The van der Waals surface area contributed by atoms with E-state index in [1.165, 1.54) is 16.6 Å². The molecule has 0 fully saturated rings. The van der Waals surface area contributed by atoms with E-state index in [4.69, 9.17) is 10.5 Å². The Balaban J connectivity index is 2.41. The van der Waals surface area contributed by atoms with Gasteiger partial charge in [0.15, 0.2) is 0 Å². The van der Waals surface area contributed by atoms with Crippen LogP contribution in [0, 0.1) is 6.92 Å². The summed E-state index contributed by atoms with van der Waals surface area (Å²) < 4.78 is 5.44. The molecule has 2 aromatic rings. The van der Waals surface area contributed by atoms with E-state index in [9.17, 15) is 0 Å². The molecule has 17 heavy (non-hydrogen) atoms. The van der Waals surface area contributed by atoms with Crippen molar-refractivity contribution in [3.8, 4) is 5.75 Å². The maximum atomic E-state index is 5.54. The van der Waals surface area contributed by atoms with Gasteiger partial charge in [0, 0.05) is 16.6 Å². The fraction of sp³-hybridized carbons (Fsp3) is 0.429. The van der Waals surface area contributed by atoms with Gasteiger partial charge in [0.2, 0.25) is 0 Å². The van der Waals surface area contributed by atoms with Gasteiger partial charge in [-0.3, -0.25) is 0 Å². The topological polar surface area (TPSA) is 51.0 Å². The molecule has 0 saturated carbocycles. The van der Waals surface area contributed by atoms with E-state index in [1.54, 1.807) is 7.11 Å². The second kappa shape index (κ2) is 5.23. The lowest BCUT2D eigenvalue weighted by Gasteiger charge is -2.05. The molecule has 0 unspecified atom stereocenters. The van der Waals surface area contributed by atoms with Gasteiger partial charge in [0.1, 0.15) is 5.75 Å². The monoisotopic (exact) mass is 232 g/mol. The van der Waals surface area contributed by atoms with Gasteiger partial charge in [-0.25, -0.2) is 0 Å². The lowest BCUT2D eigenvalue weighted by Crippen LogP contribution is -1.99. The fourth-order valence-corrected chi connectivity index (χ4v) is 2.34. The number of hydrogen-bond acceptors (Lipinski definition) is 2. The van der Waals surface area contributed by atoms with Crippen molar-refractivity contribution in [1.82, 2.24) is 4.98 Å². The number of aryl methyl sites for hydroxylation is 2. The molecule has 0 aliphatic heterocycles. The Labute approximate surface area is 102 Å². The van der Waals surface area contributed by atoms with E-state index >= 15 is 0 Å². The van der Waals surface area contributed by atoms with Crippen molar-refractivity contribution >= 4 is 10.9 Å². The van der Waals surface area contributed by atoms with Gasteiger partial charge in [0.05, 0.1) is 7.11 Å². The first-order valence-corrected chi connectivity index (χ1v) is 6.12. The molecule has 1 aromatic heterocycles. The summed E-state index contributed by atoms with van der Waals surface area (Å²) in [5, 5.41) is 1.23. The molecule has 0 saturated heterocycles. The number of nitrogens with one attached hydrogen (secondary N) is 1. The van der Waals surface area contributed by atoms with Gasteiger partial charge in [0.25, 0.3) is 0 Å². The minimum absolute atomic E-state index is 0.762. The van der Waals surface area contributed by atoms with Gasteiger partial charge >= 0.3 is 0 Å². The highest BCUT2D eigenvalue weighted by atomic mass is 16.5. The zero-order valence-electron chi connectivity index (χ0n) is 10.5. The van der Waals surface area contributed by atoms with Crippen molar-refractivity contribution in [2.24, 2.45) is 5.73 Å². The Kier molecular flexibility index (Phi) is 3.69. The zero-order valence-corrected chi connectivity index (χ0v) is 10.5. The third-order valence-electron chi connectivity index (χ3n) is 3.20. The van der Waals surface area contributed by atoms with Crippen molar-refractivity contribution in [1.29, 1.82) is 0 Å². The second-order valence-electron chi connectivity index (χ2n) is 4.36. The van der Waals surface area contributed by atoms with Gasteiger partial charge in [-0.05, 0) is 50.4 Å². The third kappa shape index (κ3) is 2.29. The third-order valence-corrected chi connectivity index (χ3v) is 3.20.